The molecule has 2 unspecified atom stereocenters. The predicted octanol–water partition coefficient (Wildman–Crippen LogP) is 7.61. The van der Waals surface area contributed by atoms with Gasteiger partial charge < -0.3 is 29.2 Å². The minimum absolute atomic E-state index is 0.189. The van der Waals surface area contributed by atoms with Gasteiger partial charge in [-0.2, -0.15) is 0 Å². The number of hydrogen-bond donors (Lipinski definition) is 2. The van der Waals surface area contributed by atoms with Gasteiger partial charge in [0.2, 0.25) is 0 Å². The first-order valence-electron chi connectivity index (χ1n) is 16.1. The number of phenolic OH excluding ortho intramolecular Hbond substituents is 2. The van der Waals surface area contributed by atoms with Crippen LogP contribution in [0.25, 0.3) is 0 Å². The van der Waals surface area contributed by atoms with Crippen LogP contribution in [0.3, 0.4) is 0 Å². The van der Waals surface area contributed by atoms with E-state index in [0.717, 1.165) is 81.7 Å². The first-order valence-corrected chi connectivity index (χ1v) is 16.1. The highest BCUT2D eigenvalue weighted by Crippen LogP contribution is 2.45. The third kappa shape index (κ3) is 6.26. The molecule has 0 aliphatic carbocycles. The van der Waals surface area contributed by atoms with Crippen LogP contribution in [0.15, 0.2) is 24.3 Å². The van der Waals surface area contributed by atoms with Crippen molar-refractivity contribution < 1.29 is 38.7 Å². The molecule has 246 valence electrons. The number of ether oxygens (including phenoxy) is 4. The first kappa shape index (κ1) is 33.2. The molecule has 2 heterocycles. The summed E-state index contributed by atoms with van der Waals surface area (Å²) in [7, 11) is 0. The third-order valence-electron chi connectivity index (χ3n) is 10.3. The van der Waals surface area contributed by atoms with E-state index in [-0.39, 0.29) is 13.2 Å². The van der Waals surface area contributed by atoms with Crippen LogP contribution in [0.1, 0.15) is 105 Å². The molecular formula is C38H46O8. The summed E-state index contributed by atoms with van der Waals surface area (Å²) in [5.41, 5.74) is 7.02. The summed E-state index contributed by atoms with van der Waals surface area (Å²) in [5, 5.41) is 20.9. The Kier molecular flexibility index (Phi) is 9.04. The minimum Gasteiger partial charge on any atom is -0.507 e. The third-order valence-corrected chi connectivity index (χ3v) is 10.3. The van der Waals surface area contributed by atoms with E-state index in [1.165, 1.54) is 0 Å². The highest BCUT2D eigenvalue weighted by Gasteiger charge is 2.36. The molecule has 8 heteroatoms. The molecule has 2 aliphatic heterocycles. The molecule has 0 spiro atoms. The van der Waals surface area contributed by atoms with E-state index in [4.69, 9.17) is 18.9 Å². The van der Waals surface area contributed by atoms with Crippen LogP contribution in [0.4, 0.5) is 0 Å². The second kappa shape index (κ2) is 12.5. The molecule has 8 nitrogen and oxygen atoms in total. The summed E-state index contributed by atoms with van der Waals surface area (Å²) in [6.07, 6.45) is 4.11. The summed E-state index contributed by atoms with van der Waals surface area (Å²) in [5.74, 6) is 1.36. The topological polar surface area (TPSA) is 112 Å². The normalized spacial score (nSPS) is 20.2. The van der Waals surface area contributed by atoms with Crippen molar-refractivity contribution in [2.24, 2.45) is 0 Å². The zero-order chi connectivity index (χ0) is 33.6. The summed E-state index contributed by atoms with van der Waals surface area (Å²) in [4.78, 5) is 25.5. The van der Waals surface area contributed by atoms with Crippen LogP contribution >= 0.6 is 0 Å². The van der Waals surface area contributed by atoms with Gasteiger partial charge in [0, 0.05) is 24.0 Å². The molecule has 0 saturated carbocycles. The Hall–Kier alpha value is -4.20. The molecule has 0 saturated heterocycles. The van der Waals surface area contributed by atoms with Gasteiger partial charge in [0.25, 0.3) is 0 Å². The molecule has 46 heavy (non-hydrogen) atoms. The molecule has 0 fully saturated rings. The van der Waals surface area contributed by atoms with Gasteiger partial charge >= 0.3 is 11.9 Å². The number of benzene rings is 3. The van der Waals surface area contributed by atoms with E-state index in [9.17, 15) is 19.8 Å². The van der Waals surface area contributed by atoms with Gasteiger partial charge in [0.05, 0.1) is 24.3 Å². The average Bonchev–Trinajstić information content (AvgIpc) is 3.04. The van der Waals surface area contributed by atoms with Crippen molar-refractivity contribution in [3.05, 3.63) is 79.9 Å². The second-order valence-electron chi connectivity index (χ2n) is 13.5. The number of carbonyl (C=O) groups excluding carboxylic acids is 2. The maximum Gasteiger partial charge on any atom is 0.338 e. The Bertz CT molecular complexity index is 1560. The SMILES string of the molecule is Cc1c(C)c2c(c(C)c1O)CCC(C)(CCOC(=O)c1ccc(C(=O)OCCC3(C)CCc4c(C)c(O)c(C)c(C)c4O3)cc1)O2. The summed E-state index contributed by atoms with van der Waals surface area (Å²) in [6.45, 7) is 16.0. The fraction of sp³-hybridized carbons (Fsp3) is 0.474. The van der Waals surface area contributed by atoms with Crippen molar-refractivity contribution in [2.75, 3.05) is 13.2 Å². The van der Waals surface area contributed by atoms with E-state index in [2.05, 4.69) is 0 Å². The standard InChI is InChI=1S/C38H46O8/c1-21-23(3)33-29(25(5)31(21)39)13-15-37(7,45-33)17-19-43-35(41)27-9-11-28(12-10-27)36(42)44-20-18-38(8)16-14-30-26(6)32(40)22(2)24(4)34(30)46-38/h9-12,39-40H,13-20H2,1-8H3. The van der Waals surface area contributed by atoms with E-state index >= 15 is 0 Å². The molecular weight excluding hydrogens is 584 g/mol. The molecule has 0 amide bonds. The molecule has 5 rings (SSSR count). The molecule has 2 aliphatic rings. The van der Waals surface area contributed by atoms with Gasteiger partial charge in [-0.3, -0.25) is 0 Å². The number of hydrogen-bond acceptors (Lipinski definition) is 8. The van der Waals surface area contributed by atoms with Gasteiger partial charge in [-0.25, -0.2) is 9.59 Å². The van der Waals surface area contributed by atoms with Gasteiger partial charge in [-0.1, -0.05) is 0 Å². The van der Waals surface area contributed by atoms with Crippen LogP contribution in [-0.2, 0) is 22.3 Å². The number of carbonyl (C=O) groups is 2. The number of esters is 2. The van der Waals surface area contributed by atoms with Crippen molar-refractivity contribution in [3.8, 4) is 23.0 Å². The lowest BCUT2D eigenvalue weighted by molar-refractivity contribution is 0.0165. The fourth-order valence-corrected chi connectivity index (χ4v) is 6.57. The zero-order valence-corrected chi connectivity index (χ0v) is 28.3. The van der Waals surface area contributed by atoms with Crippen molar-refractivity contribution in [1.29, 1.82) is 0 Å². The Morgan fingerprint density at radius 1 is 0.630 bits per heavy atom. The lowest BCUT2D eigenvalue weighted by atomic mass is 9.86. The highest BCUT2D eigenvalue weighted by molar-refractivity contribution is 5.93. The maximum absolute atomic E-state index is 12.8. The quantitative estimate of drug-likeness (QED) is 0.245. The van der Waals surface area contributed by atoms with Gasteiger partial charge in [-0.15, -0.1) is 0 Å². The monoisotopic (exact) mass is 630 g/mol. The lowest BCUT2D eigenvalue weighted by Crippen LogP contribution is -2.38. The van der Waals surface area contributed by atoms with Crippen molar-refractivity contribution >= 4 is 11.9 Å². The lowest BCUT2D eigenvalue weighted by Gasteiger charge is -2.38. The van der Waals surface area contributed by atoms with E-state index in [0.29, 0.717) is 35.5 Å². The van der Waals surface area contributed by atoms with E-state index in [1.807, 2.05) is 55.4 Å². The number of aromatic hydroxyl groups is 2. The number of fused-ring (bicyclic) bond motifs is 2. The molecule has 2 N–H and O–H groups in total. The van der Waals surface area contributed by atoms with Crippen molar-refractivity contribution in [3.63, 3.8) is 0 Å². The van der Waals surface area contributed by atoms with Gasteiger partial charge in [0.1, 0.15) is 34.2 Å². The molecule has 0 aromatic heterocycles. The fourth-order valence-electron chi connectivity index (χ4n) is 6.57. The van der Waals surface area contributed by atoms with Gasteiger partial charge in [0.15, 0.2) is 0 Å². The van der Waals surface area contributed by atoms with Crippen LogP contribution in [0.5, 0.6) is 23.0 Å². The second-order valence-corrected chi connectivity index (χ2v) is 13.5. The minimum atomic E-state index is -0.496. The summed E-state index contributed by atoms with van der Waals surface area (Å²) in [6, 6.07) is 6.28. The predicted molar refractivity (Wildman–Crippen MR) is 176 cm³/mol. The number of rotatable bonds is 8. The van der Waals surface area contributed by atoms with Crippen molar-refractivity contribution in [1.82, 2.24) is 0 Å². The maximum atomic E-state index is 12.8. The Balaban J connectivity index is 1.11. The molecule has 0 bridgehead atoms. The first-order chi connectivity index (χ1) is 21.6. The van der Waals surface area contributed by atoms with Gasteiger partial charge in [-0.05, 0) is 139 Å². The Morgan fingerprint density at radius 2 is 0.978 bits per heavy atom. The summed E-state index contributed by atoms with van der Waals surface area (Å²) >= 11 is 0. The molecule has 3 aromatic carbocycles. The molecule has 3 aromatic rings. The highest BCUT2D eigenvalue weighted by atomic mass is 16.5. The largest absolute Gasteiger partial charge is 0.507 e. The Morgan fingerprint density at radius 3 is 1.33 bits per heavy atom. The molecule has 0 radical (unpaired) electrons. The summed E-state index contributed by atoms with van der Waals surface area (Å²) < 4.78 is 24.0. The zero-order valence-electron chi connectivity index (χ0n) is 28.3. The van der Waals surface area contributed by atoms with Crippen LogP contribution in [0, 0.1) is 41.5 Å². The van der Waals surface area contributed by atoms with E-state index in [1.54, 1.807) is 24.3 Å². The Labute approximate surface area is 271 Å². The van der Waals surface area contributed by atoms with Crippen LogP contribution < -0.4 is 9.47 Å². The average molecular weight is 631 g/mol. The van der Waals surface area contributed by atoms with Crippen molar-refractivity contribution in [2.45, 2.75) is 105 Å². The molecule has 2 atom stereocenters. The van der Waals surface area contributed by atoms with Crippen LogP contribution in [-0.4, -0.2) is 46.6 Å². The number of phenols is 2. The smallest absolute Gasteiger partial charge is 0.338 e. The van der Waals surface area contributed by atoms with E-state index < -0.39 is 23.1 Å². The van der Waals surface area contributed by atoms with Crippen LogP contribution in [0.2, 0.25) is 0 Å².